The number of rotatable bonds is 7. The number of carbonyl (C=O) groups excluding carboxylic acids is 1. The van der Waals surface area contributed by atoms with Crippen LogP contribution < -0.4 is 10.6 Å². The molecule has 0 spiro atoms. The van der Waals surface area contributed by atoms with Crippen LogP contribution in [0.25, 0.3) is 0 Å². The number of amides is 1. The summed E-state index contributed by atoms with van der Waals surface area (Å²) in [5, 5.41) is 5.63. The largest absolute Gasteiger partial charge is 0.383 e. The number of halogens is 2. The number of hydrogen-bond donors (Lipinski definition) is 2. The van der Waals surface area contributed by atoms with Gasteiger partial charge in [-0.15, -0.1) is 0 Å². The molecule has 0 aromatic heterocycles. The summed E-state index contributed by atoms with van der Waals surface area (Å²) < 4.78 is 30.4. The fraction of sp³-hybridized carbons (Fsp3) is 0.417. The molecule has 4 nitrogen and oxygen atoms in total. The molecule has 6 heteroatoms. The Morgan fingerprint density at radius 1 is 1.22 bits per heavy atom. The van der Waals surface area contributed by atoms with Gasteiger partial charge >= 0.3 is 0 Å². The van der Waals surface area contributed by atoms with Crippen LogP contribution in [0.15, 0.2) is 18.2 Å². The third kappa shape index (κ3) is 4.77. The molecule has 1 rings (SSSR count). The Kier molecular flexibility index (Phi) is 6.24. The Balaban J connectivity index is 2.30. The van der Waals surface area contributed by atoms with Crippen LogP contribution in [0.5, 0.6) is 0 Å². The number of ether oxygens (including phenoxy) is 1. The fourth-order valence-corrected chi connectivity index (χ4v) is 1.30. The molecule has 100 valence electrons. The number of methoxy groups -OCH3 is 1. The molecule has 1 aromatic carbocycles. The Bertz CT molecular complexity index is 400. The standard InChI is InChI=1S/C12H16F2N2O2/c1-18-7-6-15-4-5-16-12(17)9-2-3-10(13)11(14)8-9/h2-3,8,15H,4-7H2,1H3,(H,16,17). The molecule has 0 aliphatic carbocycles. The minimum Gasteiger partial charge on any atom is -0.383 e. The van der Waals surface area contributed by atoms with Gasteiger partial charge in [-0.05, 0) is 18.2 Å². The van der Waals surface area contributed by atoms with Crippen LogP contribution in [-0.4, -0.2) is 39.3 Å². The van der Waals surface area contributed by atoms with Gasteiger partial charge in [-0.3, -0.25) is 4.79 Å². The zero-order chi connectivity index (χ0) is 13.4. The lowest BCUT2D eigenvalue weighted by Gasteiger charge is -2.06. The minimum atomic E-state index is -1.03. The van der Waals surface area contributed by atoms with Gasteiger partial charge < -0.3 is 15.4 Å². The van der Waals surface area contributed by atoms with E-state index in [0.717, 1.165) is 12.1 Å². The molecule has 0 bridgehead atoms. The highest BCUT2D eigenvalue weighted by atomic mass is 19.2. The van der Waals surface area contributed by atoms with Gasteiger partial charge in [0.05, 0.1) is 6.61 Å². The van der Waals surface area contributed by atoms with Gasteiger partial charge in [0.2, 0.25) is 0 Å². The lowest BCUT2D eigenvalue weighted by molar-refractivity contribution is 0.0953. The Morgan fingerprint density at radius 2 is 2.00 bits per heavy atom. The van der Waals surface area contributed by atoms with Crippen molar-refractivity contribution >= 4 is 5.91 Å². The van der Waals surface area contributed by atoms with Crippen LogP contribution in [-0.2, 0) is 4.74 Å². The second-order valence-electron chi connectivity index (χ2n) is 3.63. The van der Waals surface area contributed by atoms with E-state index in [1.807, 2.05) is 0 Å². The van der Waals surface area contributed by atoms with E-state index in [0.29, 0.717) is 26.2 Å². The maximum Gasteiger partial charge on any atom is 0.251 e. The van der Waals surface area contributed by atoms with E-state index in [1.165, 1.54) is 6.07 Å². The maximum absolute atomic E-state index is 12.9. The van der Waals surface area contributed by atoms with Gasteiger partial charge in [-0.2, -0.15) is 0 Å². The van der Waals surface area contributed by atoms with Gasteiger partial charge in [0, 0.05) is 32.3 Å². The van der Waals surface area contributed by atoms with Crippen LogP contribution in [0.3, 0.4) is 0 Å². The molecule has 2 N–H and O–H groups in total. The molecule has 0 aliphatic rings. The summed E-state index contributed by atoms with van der Waals surface area (Å²) >= 11 is 0. The van der Waals surface area contributed by atoms with Gasteiger partial charge in [-0.25, -0.2) is 8.78 Å². The topological polar surface area (TPSA) is 50.4 Å². The van der Waals surface area contributed by atoms with Crippen LogP contribution in [0.4, 0.5) is 8.78 Å². The number of carbonyl (C=O) groups is 1. The molecule has 18 heavy (non-hydrogen) atoms. The van der Waals surface area contributed by atoms with E-state index in [1.54, 1.807) is 7.11 Å². The molecule has 1 aromatic rings. The normalized spacial score (nSPS) is 10.4. The van der Waals surface area contributed by atoms with Gasteiger partial charge in [0.1, 0.15) is 0 Å². The van der Waals surface area contributed by atoms with Gasteiger partial charge in [0.15, 0.2) is 11.6 Å². The van der Waals surface area contributed by atoms with Crippen molar-refractivity contribution in [3.8, 4) is 0 Å². The molecule has 0 radical (unpaired) electrons. The number of nitrogens with one attached hydrogen (secondary N) is 2. The van der Waals surface area contributed by atoms with Crippen LogP contribution in [0, 0.1) is 11.6 Å². The average Bonchev–Trinajstić information content (AvgIpc) is 2.36. The van der Waals surface area contributed by atoms with E-state index in [-0.39, 0.29) is 5.56 Å². The quantitative estimate of drug-likeness (QED) is 0.715. The second-order valence-corrected chi connectivity index (χ2v) is 3.63. The average molecular weight is 258 g/mol. The van der Waals surface area contributed by atoms with Crippen molar-refractivity contribution in [3.63, 3.8) is 0 Å². The molecule has 0 atom stereocenters. The summed E-state index contributed by atoms with van der Waals surface area (Å²) in [4.78, 5) is 11.5. The first-order valence-corrected chi connectivity index (χ1v) is 5.58. The lowest BCUT2D eigenvalue weighted by atomic mass is 10.2. The summed E-state index contributed by atoms with van der Waals surface area (Å²) in [6.07, 6.45) is 0. The Morgan fingerprint density at radius 3 is 2.67 bits per heavy atom. The molecule has 1 amide bonds. The van der Waals surface area contributed by atoms with E-state index in [4.69, 9.17) is 4.74 Å². The predicted octanol–water partition coefficient (Wildman–Crippen LogP) is 0.931. The van der Waals surface area contributed by atoms with Crippen LogP contribution >= 0.6 is 0 Å². The van der Waals surface area contributed by atoms with Crippen molar-refractivity contribution in [2.75, 3.05) is 33.4 Å². The first kappa shape index (κ1) is 14.5. The predicted molar refractivity (Wildman–Crippen MR) is 63.4 cm³/mol. The summed E-state index contributed by atoms with van der Waals surface area (Å²) in [6.45, 7) is 2.27. The summed E-state index contributed by atoms with van der Waals surface area (Å²) in [5.74, 6) is -2.42. The molecular formula is C12H16F2N2O2. The smallest absolute Gasteiger partial charge is 0.251 e. The molecule has 0 saturated heterocycles. The molecule has 0 heterocycles. The van der Waals surface area contributed by atoms with Crippen molar-refractivity contribution in [1.82, 2.24) is 10.6 Å². The van der Waals surface area contributed by atoms with E-state index < -0.39 is 17.5 Å². The third-order valence-corrected chi connectivity index (χ3v) is 2.25. The van der Waals surface area contributed by atoms with Gasteiger partial charge in [-0.1, -0.05) is 0 Å². The number of benzene rings is 1. The van der Waals surface area contributed by atoms with Crippen molar-refractivity contribution < 1.29 is 18.3 Å². The van der Waals surface area contributed by atoms with Crippen molar-refractivity contribution in [2.24, 2.45) is 0 Å². The highest BCUT2D eigenvalue weighted by molar-refractivity contribution is 5.94. The first-order valence-electron chi connectivity index (χ1n) is 5.58. The van der Waals surface area contributed by atoms with E-state index >= 15 is 0 Å². The molecule has 0 saturated carbocycles. The van der Waals surface area contributed by atoms with Crippen molar-refractivity contribution in [1.29, 1.82) is 0 Å². The van der Waals surface area contributed by atoms with Gasteiger partial charge in [0.25, 0.3) is 5.91 Å². The monoisotopic (exact) mass is 258 g/mol. The molecule has 0 aliphatic heterocycles. The highest BCUT2D eigenvalue weighted by Gasteiger charge is 2.08. The van der Waals surface area contributed by atoms with Crippen LogP contribution in [0.2, 0.25) is 0 Å². The number of hydrogen-bond acceptors (Lipinski definition) is 3. The first-order chi connectivity index (χ1) is 8.65. The van der Waals surface area contributed by atoms with E-state index in [2.05, 4.69) is 10.6 Å². The lowest BCUT2D eigenvalue weighted by Crippen LogP contribution is -2.33. The maximum atomic E-state index is 12.9. The fourth-order valence-electron chi connectivity index (χ4n) is 1.30. The van der Waals surface area contributed by atoms with Crippen molar-refractivity contribution in [3.05, 3.63) is 35.4 Å². The summed E-state index contributed by atoms with van der Waals surface area (Å²) in [7, 11) is 1.60. The SMILES string of the molecule is COCCNCCNC(=O)c1ccc(F)c(F)c1. The zero-order valence-corrected chi connectivity index (χ0v) is 10.1. The highest BCUT2D eigenvalue weighted by Crippen LogP contribution is 2.08. The second kappa shape index (κ2) is 7.73. The third-order valence-electron chi connectivity index (χ3n) is 2.25. The molecular weight excluding hydrogens is 242 g/mol. The minimum absolute atomic E-state index is 0.103. The summed E-state index contributed by atoms with van der Waals surface area (Å²) in [6, 6.07) is 3.05. The Hall–Kier alpha value is -1.53. The van der Waals surface area contributed by atoms with Crippen molar-refractivity contribution in [2.45, 2.75) is 0 Å². The Labute approximate surface area is 104 Å². The van der Waals surface area contributed by atoms with E-state index in [9.17, 15) is 13.6 Å². The molecule has 0 unspecified atom stereocenters. The van der Waals surface area contributed by atoms with Crippen LogP contribution in [0.1, 0.15) is 10.4 Å². The zero-order valence-electron chi connectivity index (χ0n) is 10.1. The summed E-state index contributed by atoms with van der Waals surface area (Å²) in [5.41, 5.74) is 0.103. The molecule has 0 fully saturated rings.